The molecule has 2 nitrogen and oxygen atoms in total. The van der Waals surface area contributed by atoms with Crippen LogP contribution < -0.4 is 5.73 Å². The molecule has 0 aliphatic rings. The minimum absolute atomic E-state index is 0.120. The van der Waals surface area contributed by atoms with Gasteiger partial charge >= 0.3 is 0 Å². The lowest BCUT2D eigenvalue weighted by Crippen LogP contribution is -1.91. The average Bonchev–Trinajstić information content (AvgIpc) is 2.12. The highest BCUT2D eigenvalue weighted by molar-refractivity contribution is 5.06. The van der Waals surface area contributed by atoms with Crippen molar-refractivity contribution in [2.75, 3.05) is 0 Å². The van der Waals surface area contributed by atoms with Gasteiger partial charge in [-0.25, -0.2) is 5.73 Å². The zero-order valence-electron chi connectivity index (χ0n) is 4.81. The van der Waals surface area contributed by atoms with E-state index in [2.05, 4.69) is 4.98 Å². The monoisotopic (exact) mass is 109 g/mol. The van der Waals surface area contributed by atoms with E-state index >= 15 is 0 Å². The Hall–Kier alpha value is -0.760. The Morgan fingerprint density at radius 3 is 2.75 bits per heavy atom. The predicted molar refractivity (Wildman–Crippen MR) is 32.3 cm³/mol. The van der Waals surface area contributed by atoms with Crippen molar-refractivity contribution < 1.29 is 0 Å². The molecule has 1 rings (SSSR count). The molecule has 0 spiro atoms. The summed E-state index contributed by atoms with van der Waals surface area (Å²) < 4.78 is 0. The maximum absolute atomic E-state index is 7.20. The molecule has 8 heavy (non-hydrogen) atoms. The second kappa shape index (κ2) is 2.01. The fourth-order valence-corrected chi connectivity index (χ4v) is 0.614. The van der Waals surface area contributed by atoms with E-state index in [4.69, 9.17) is 5.73 Å². The van der Waals surface area contributed by atoms with Gasteiger partial charge in [0.2, 0.25) is 0 Å². The predicted octanol–water partition coefficient (Wildman–Crippen LogP) is 1.36. The molecule has 1 heterocycles. The van der Waals surface area contributed by atoms with Crippen molar-refractivity contribution >= 4 is 0 Å². The van der Waals surface area contributed by atoms with Crippen LogP contribution in [0.2, 0.25) is 0 Å². The largest absolute Gasteiger partial charge is 0.364 e. The number of aromatic amines is 1. The highest BCUT2D eigenvalue weighted by Gasteiger charge is 1.96. The summed E-state index contributed by atoms with van der Waals surface area (Å²) in [5, 5.41) is 0. The zero-order valence-corrected chi connectivity index (χ0v) is 4.81. The van der Waals surface area contributed by atoms with Crippen LogP contribution in [0.25, 0.3) is 0 Å². The number of hydrogen-bond acceptors (Lipinski definition) is 0. The minimum atomic E-state index is -0.120. The molecule has 43 valence electrons. The van der Waals surface area contributed by atoms with Crippen molar-refractivity contribution in [2.24, 2.45) is 0 Å². The van der Waals surface area contributed by atoms with Crippen molar-refractivity contribution in [1.82, 2.24) is 10.7 Å². The Morgan fingerprint density at radius 2 is 2.50 bits per heavy atom. The normalized spacial score (nSPS) is 13.8. The Bertz CT molecular complexity index is 142. The second-order valence-corrected chi connectivity index (χ2v) is 1.85. The maximum Gasteiger partial charge on any atom is 0.0584 e. The first-order valence-corrected chi connectivity index (χ1v) is 2.65. The summed E-state index contributed by atoms with van der Waals surface area (Å²) >= 11 is 0. The van der Waals surface area contributed by atoms with Gasteiger partial charge in [0.1, 0.15) is 0 Å². The lowest BCUT2D eigenvalue weighted by molar-refractivity contribution is 0.761. The SMILES string of the molecule is CC([NH])c1ccc[nH]1. The van der Waals surface area contributed by atoms with E-state index in [1.807, 2.05) is 25.3 Å². The summed E-state index contributed by atoms with van der Waals surface area (Å²) in [6, 6.07) is 3.70. The van der Waals surface area contributed by atoms with Crippen LogP contribution in [-0.2, 0) is 0 Å². The lowest BCUT2D eigenvalue weighted by atomic mass is 10.3. The van der Waals surface area contributed by atoms with Crippen molar-refractivity contribution in [3.63, 3.8) is 0 Å². The molecule has 0 amide bonds. The van der Waals surface area contributed by atoms with Crippen molar-refractivity contribution in [1.29, 1.82) is 0 Å². The first-order chi connectivity index (χ1) is 3.80. The third-order valence-corrected chi connectivity index (χ3v) is 1.09. The van der Waals surface area contributed by atoms with Gasteiger partial charge < -0.3 is 4.98 Å². The standard InChI is InChI=1S/C6H9N2/c1-5(7)6-3-2-4-8-6/h2-5,7-8H,1H3. The van der Waals surface area contributed by atoms with Crippen LogP contribution in [-0.4, -0.2) is 4.98 Å². The fraction of sp³-hybridized carbons (Fsp3) is 0.333. The molecule has 0 fully saturated rings. The van der Waals surface area contributed by atoms with Crippen LogP contribution in [0.3, 0.4) is 0 Å². The maximum atomic E-state index is 7.20. The Morgan fingerprint density at radius 1 is 1.75 bits per heavy atom. The van der Waals surface area contributed by atoms with Gasteiger partial charge in [0.05, 0.1) is 6.04 Å². The molecule has 0 bridgehead atoms. The van der Waals surface area contributed by atoms with Crippen LogP contribution in [0.1, 0.15) is 18.7 Å². The summed E-state index contributed by atoms with van der Waals surface area (Å²) in [5.41, 5.74) is 8.18. The molecule has 2 N–H and O–H groups in total. The van der Waals surface area contributed by atoms with E-state index in [0.29, 0.717) is 0 Å². The fourth-order valence-electron chi connectivity index (χ4n) is 0.614. The Labute approximate surface area is 48.7 Å². The smallest absolute Gasteiger partial charge is 0.0584 e. The Balaban J connectivity index is 2.77. The van der Waals surface area contributed by atoms with Gasteiger partial charge in [-0.2, -0.15) is 0 Å². The van der Waals surface area contributed by atoms with Crippen LogP contribution in [0, 0.1) is 0 Å². The number of nitrogens with one attached hydrogen (secondary N) is 2. The van der Waals surface area contributed by atoms with Crippen LogP contribution in [0.5, 0.6) is 0 Å². The van der Waals surface area contributed by atoms with Gasteiger partial charge in [0, 0.05) is 11.9 Å². The van der Waals surface area contributed by atoms with Gasteiger partial charge in [-0.3, -0.25) is 0 Å². The molecule has 1 aromatic heterocycles. The molecular weight excluding hydrogens is 100 g/mol. The molecule has 0 aromatic carbocycles. The van der Waals surface area contributed by atoms with Crippen LogP contribution in [0.4, 0.5) is 0 Å². The topological polar surface area (TPSA) is 39.6 Å². The first-order valence-electron chi connectivity index (χ1n) is 2.65. The average molecular weight is 109 g/mol. The van der Waals surface area contributed by atoms with Crippen LogP contribution in [0.15, 0.2) is 18.3 Å². The third kappa shape index (κ3) is 0.898. The van der Waals surface area contributed by atoms with E-state index in [0.717, 1.165) is 5.69 Å². The van der Waals surface area contributed by atoms with Gasteiger partial charge in [-0.1, -0.05) is 0 Å². The van der Waals surface area contributed by atoms with Gasteiger partial charge in [0.25, 0.3) is 0 Å². The number of aromatic nitrogens is 1. The van der Waals surface area contributed by atoms with E-state index in [1.165, 1.54) is 0 Å². The molecule has 1 radical (unpaired) electrons. The molecule has 0 aliphatic carbocycles. The van der Waals surface area contributed by atoms with E-state index < -0.39 is 0 Å². The summed E-state index contributed by atoms with van der Waals surface area (Å²) in [6.45, 7) is 1.84. The van der Waals surface area contributed by atoms with Crippen LogP contribution >= 0.6 is 0 Å². The zero-order chi connectivity index (χ0) is 5.98. The van der Waals surface area contributed by atoms with E-state index in [9.17, 15) is 0 Å². The van der Waals surface area contributed by atoms with Crippen molar-refractivity contribution in [2.45, 2.75) is 13.0 Å². The highest BCUT2D eigenvalue weighted by Crippen LogP contribution is 2.05. The number of rotatable bonds is 1. The van der Waals surface area contributed by atoms with Gasteiger partial charge in [-0.05, 0) is 19.1 Å². The summed E-state index contributed by atoms with van der Waals surface area (Å²) in [4.78, 5) is 2.95. The molecule has 0 aliphatic heterocycles. The summed E-state index contributed by atoms with van der Waals surface area (Å²) in [6.07, 6.45) is 1.83. The third-order valence-electron chi connectivity index (χ3n) is 1.09. The van der Waals surface area contributed by atoms with E-state index in [-0.39, 0.29) is 6.04 Å². The van der Waals surface area contributed by atoms with Crippen molar-refractivity contribution in [3.8, 4) is 0 Å². The summed E-state index contributed by atoms with van der Waals surface area (Å²) in [5.74, 6) is 0. The van der Waals surface area contributed by atoms with E-state index in [1.54, 1.807) is 0 Å². The highest BCUT2D eigenvalue weighted by atomic mass is 14.8. The first kappa shape index (κ1) is 5.38. The molecular formula is C6H9N2. The molecule has 0 saturated heterocycles. The number of H-pyrrole nitrogens is 1. The van der Waals surface area contributed by atoms with Gasteiger partial charge in [-0.15, -0.1) is 0 Å². The summed E-state index contributed by atoms with van der Waals surface area (Å²) in [7, 11) is 0. The molecule has 2 heteroatoms. The minimum Gasteiger partial charge on any atom is -0.364 e. The molecule has 1 atom stereocenters. The lowest BCUT2D eigenvalue weighted by Gasteiger charge is -1.96. The number of hydrogen-bond donors (Lipinski definition) is 1. The van der Waals surface area contributed by atoms with Crippen molar-refractivity contribution in [3.05, 3.63) is 24.0 Å². The molecule has 0 saturated carbocycles. The van der Waals surface area contributed by atoms with Gasteiger partial charge in [0.15, 0.2) is 0 Å². The Kier molecular flexibility index (Phi) is 1.35. The quantitative estimate of drug-likeness (QED) is 0.565. The molecule has 1 aromatic rings. The molecule has 1 unspecified atom stereocenters. The second-order valence-electron chi connectivity index (χ2n) is 1.85.